The third-order valence-electron chi connectivity index (χ3n) is 3.88. The second kappa shape index (κ2) is 8.61. The Morgan fingerprint density at radius 2 is 1.81 bits per heavy atom. The molecule has 26 heavy (non-hydrogen) atoms. The fourth-order valence-electron chi connectivity index (χ4n) is 2.37. The first-order valence-electron chi connectivity index (χ1n) is 8.00. The van der Waals surface area contributed by atoms with Gasteiger partial charge < -0.3 is 4.74 Å². The van der Waals surface area contributed by atoms with Crippen molar-refractivity contribution < 1.29 is 17.9 Å². The summed E-state index contributed by atoms with van der Waals surface area (Å²) in [7, 11) is -2.13. The summed E-state index contributed by atoms with van der Waals surface area (Å²) in [6, 6.07) is 15.4. The highest BCUT2D eigenvalue weighted by molar-refractivity contribution is 7.88. The van der Waals surface area contributed by atoms with Crippen molar-refractivity contribution in [1.29, 1.82) is 5.26 Å². The summed E-state index contributed by atoms with van der Waals surface area (Å²) in [5, 5.41) is 9.09. The molecule has 0 aliphatic rings. The van der Waals surface area contributed by atoms with Gasteiger partial charge in [0.25, 0.3) is 0 Å². The number of Topliss-reactive ketones (excluding diaryl/α,β-unsaturated/α-hetero) is 1. The van der Waals surface area contributed by atoms with Crippen molar-refractivity contribution in [2.24, 2.45) is 0 Å². The Bertz CT molecular complexity index is 933. The number of nitriles is 1. The fraction of sp³-hybridized carbons (Fsp3) is 0.263. The van der Waals surface area contributed by atoms with Crippen LogP contribution < -0.4 is 4.74 Å². The van der Waals surface area contributed by atoms with Crippen molar-refractivity contribution in [2.45, 2.75) is 12.7 Å². The van der Waals surface area contributed by atoms with Gasteiger partial charge in [-0.3, -0.25) is 4.79 Å². The lowest BCUT2D eigenvalue weighted by Crippen LogP contribution is -2.32. The molecule has 2 aromatic rings. The summed E-state index contributed by atoms with van der Waals surface area (Å²) in [5.74, 6) is 0.0624. The quantitative estimate of drug-likeness (QED) is 0.665. The molecule has 0 heterocycles. The molecular formula is C19H20N2O4S. The summed E-state index contributed by atoms with van der Waals surface area (Å²) >= 11 is 0. The lowest BCUT2D eigenvalue weighted by atomic mass is 10.1. The minimum absolute atomic E-state index is 0.111. The molecular weight excluding hydrogens is 352 g/mol. The van der Waals surface area contributed by atoms with Crippen LogP contribution >= 0.6 is 0 Å². The highest BCUT2D eigenvalue weighted by Crippen LogP contribution is 2.19. The molecule has 0 N–H and O–H groups in total. The number of para-hydroxylation sites is 1. The standard InChI is InChI=1S/C19H20N2O4S/c1-15(22)18-9-5-6-10-19(18)25-12-11-21(2)26(23,24)14-17-8-4-3-7-16(17)13-20/h3-10H,11-12,14H2,1-2H3. The fourth-order valence-corrected chi connectivity index (χ4v) is 3.59. The van der Waals surface area contributed by atoms with E-state index in [4.69, 9.17) is 10.00 Å². The molecule has 0 amide bonds. The Kier molecular flexibility index (Phi) is 6.50. The van der Waals surface area contributed by atoms with Gasteiger partial charge in [-0.2, -0.15) is 5.26 Å². The lowest BCUT2D eigenvalue weighted by molar-refractivity contribution is 0.101. The first-order valence-corrected chi connectivity index (χ1v) is 9.61. The Hall–Kier alpha value is -2.69. The van der Waals surface area contributed by atoms with E-state index in [9.17, 15) is 13.2 Å². The third kappa shape index (κ3) is 4.91. The van der Waals surface area contributed by atoms with E-state index in [0.29, 0.717) is 22.4 Å². The summed E-state index contributed by atoms with van der Waals surface area (Å²) < 4.78 is 31.8. The number of ketones is 1. The second-order valence-electron chi connectivity index (χ2n) is 5.75. The van der Waals surface area contributed by atoms with Gasteiger partial charge in [0.05, 0.1) is 22.9 Å². The van der Waals surface area contributed by atoms with Gasteiger partial charge in [0.2, 0.25) is 10.0 Å². The van der Waals surface area contributed by atoms with Gasteiger partial charge in [-0.1, -0.05) is 30.3 Å². The summed E-state index contributed by atoms with van der Waals surface area (Å²) in [4.78, 5) is 11.6. The topological polar surface area (TPSA) is 87.5 Å². The Morgan fingerprint density at radius 3 is 2.50 bits per heavy atom. The molecule has 0 saturated heterocycles. The Labute approximate surface area is 153 Å². The molecule has 0 saturated carbocycles. The van der Waals surface area contributed by atoms with E-state index < -0.39 is 10.0 Å². The number of likely N-dealkylation sites (N-methyl/N-ethyl adjacent to an activating group) is 1. The summed E-state index contributed by atoms with van der Waals surface area (Å²) in [6.45, 7) is 1.69. The van der Waals surface area contributed by atoms with Crippen LogP contribution in [0.2, 0.25) is 0 Å². The maximum atomic E-state index is 12.5. The predicted molar refractivity (Wildman–Crippen MR) is 98.4 cm³/mol. The van der Waals surface area contributed by atoms with Gasteiger partial charge >= 0.3 is 0 Å². The second-order valence-corrected chi connectivity index (χ2v) is 7.82. The molecule has 0 aliphatic heterocycles. The molecule has 0 radical (unpaired) electrons. The molecule has 136 valence electrons. The number of rotatable bonds is 8. The Balaban J connectivity index is 2.00. The summed E-state index contributed by atoms with van der Waals surface area (Å²) in [5.41, 5.74) is 1.27. The Morgan fingerprint density at radius 1 is 1.15 bits per heavy atom. The highest BCUT2D eigenvalue weighted by atomic mass is 32.2. The van der Waals surface area contributed by atoms with Crippen molar-refractivity contribution in [3.63, 3.8) is 0 Å². The molecule has 0 aromatic heterocycles. The monoisotopic (exact) mass is 372 g/mol. The smallest absolute Gasteiger partial charge is 0.218 e. The number of hydrogen-bond donors (Lipinski definition) is 0. The third-order valence-corrected chi connectivity index (χ3v) is 5.69. The zero-order valence-corrected chi connectivity index (χ0v) is 15.5. The van der Waals surface area contributed by atoms with Crippen molar-refractivity contribution >= 4 is 15.8 Å². The predicted octanol–water partition coefficient (Wildman–Crippen LogP) is 2.60. The number of sulfonamides is 1. The van der Waals surface area contributed by atoms with Crippen LogP contribution in [0.3, 0.4) is 0 Å². The number of ether oxygens (including phenoxy) is 1. The molecule has 0 spiro atoms. The molecule has 0 unspecified atom stereocenters. The number of carbonyl (C=O) groups is 1. The first-order chi connectivity index (χ1) is 12.3. The molecule has 0 bridgehead atoms. The van der Waals surface area contributed by atoms with Gasteiger partial charge in [0.15, 0.2) is 5.78 Å². The molecule has 6 nitrogen and oxygen atoms in total. The number of nitrogens with zero attached hydrogens (tertiary/aromatic N) is 2. The van der Waals surface area contributed by atoms with Gasteiger partial charge in [0.1, 0.15) is 12.4 Å². The van der Waals surface area contributed by atoms with E-state index in [1.165, 1.54) is 18.3 Å². The van der Waals surface area contributed by atoms with Crippen LogP contribution in [-0.4, -0.2) is 38.7 Å². The van der Waals surface area contributed by atoms with Crippen molar-refractivity contribution in [3.8, 4) is 11.8 Å². The van der Waals surface area contributed by atoms with Crippen LogP contribution in [0.15, 0.2) is 48.5 Å². The molecule has 2 aromatic carbocycles. The zero-order chi connectivity index (χ0) is 19.2. The van der Waals surface area contributed by atoms with Crippen LogP contribution in [-0.2, 0) is 15.8 Å². The van der Waals surface area contributed by atoms with Gasteiger partial charge in [-0.15, -0.1) is 0 Å². The van der Waals surface area contributed by atoms with E-state index in [2.05, 4.69) is 0 Å². The molecule has 0 aliphatic carbocycles. The number of carbonyl (C=O) groups excluding carboxylic acids is 1. The van der Waals surface area contributed by atoms with Crippen molar-refractivity contribution in [3.05, 3.63) is 65.2 Å². The van der Waals surface area contributed by atoms with E-state index >= 15 is 0 Å². The van der Waals surface area contributed by atoms with E-state index in [1.807, 2.05) is 6.07 Å². The van der Waals surface area contributed by atoms with Crippen LogP contribution in [0.4, 0.5) is 0 Å². The minimum atomic E-state index is -3.59. The van der Waals surface area contributed by atoms with Gasteiger partial charge in [0, 0.05) is 13.6 Å². The zero-order valence-electron chi connectivity index (χ0n) is 14.7. The molecule has 0 fully saturated rings. The molecule has 7 heteroatoms. The summed E-state index contributed by atoms with van der Waals surface area (Å²) in [6.07, 6.45) is 0. The van der Waals surface area contributed by atoms with Crippen LogP contribution in [0, 0.1) is 11.3 Å². The normalized spacial score (nSPS) is 11.2. The largest absolute Gasteiger partial charge is 0.491 e. The number of hydrogen-bond acceptors (Lipinski definition) is 5. The van der Waals surface area contributed by atoms with Crippen molar-refractivity contribution in [2.75, 3.05) is 20.2 Å². The highest BCUT2D eigenvalue weighted by Gasteiger charge is 2.20. The SMILES string of the molecule is CC(=O)c1ccccc1OCCN(C)S(=O)(=O)Cc1ccccc1C#N. The van der Waals surface area contributed by atoms with E-state index in [1.54, 1.807) is 48.5 Å². The van der Waals surface area contributed by atoms with Gasteiger partial charge in [-0.25, -0.2) is 12.7 Å². The van der Waals surface area contributed by atoms with Crippen LogP contribution in [0.5, 0.6) is 5.75 Å². The lowest BCUT2D eigenvalue weighted by Gasteiger charge is -2.18. The number of benzene rings is 2. The average Bonchev–Trinajstić information content (AvgIpc) is 2.62. The first kappa shape index (κ1) is 19.6. The minimum Gasteiger partial charge on any atom is -0.491 e. The average molecular weight is 372 g/mol. The van der Waals surface area contributed by atoms with Gasteiger partial charge in [-0.05, 0) is 30.7 Å². The molecule has 0 atom stereocenters. The molecule has 2 rings (SSSR count). The van der Waals surface area contributed by atoms with E-state index in [0.717, 1.165) is 0 Å². The van der Waals surface area contributed by atoms with Crippen molar-refractivity contribution in [1.82, 2.24) is 4.31 Å². The van der Waals surface area contributed by atoms with Crippen LogP contribution in [0.1, 0.15) is 28.4 Å². The van der Waals surface area contributed by atoms with E-state index in [-0.39, 0.29) is 24.7 Å². The maximum absolute atomic E-state index is 12.5. The van der Waals surface area contributed by atoms with Crippen LogP contribution in [0.25, 0.3) is 0 Å². The maximum Gasteiger partial charge on any atom is 0.218 e.